The van der Waals surface area contributed by atoms with Crippen LogP contribution in [0, 0.1) is 6.92 Å². The number of carbonyl (C=O) groups is 2. The smallest absolute Gasteiger partial charge is 0.288 e. The maximum atomic E-state index is 12.3. The molecule has 1 aliphatic heterocycles. The van der Waals surface area contributed by atoms with Crippen LogP contribution in [0.5, 0.6) is 0 Å². The maximum Gasteiger partial charge on any atom is 0.288 e. The third-order valence-electron chi connectivity index (χ3n) is 4.12. The van der Waals surface area contributed by atoms with E-state index in [0.29, 0.717) is 25.2 Å². The van der Waals surface area contributed by atoms with E-state index in [1.54, 1.807) is 19.1 Å². The first-order valence-electron chi connectivity index (χ1n) is 8.67. The number of nitrogens with zero attached hydrogens (tertiary/aromatic N) is 3. The number of amidine groups is 1. The Labute approximate surface area is 159 Å². The molecule has 0 radical (unpaired) electrons. The predicted octanol–water partition coefficient (Wildman–Crippen LogP) is 0.0325. The molecule has 1 heterocycles. The van der Waals surface area contributed by atoms with Crippen molar-refractivity contribution in [3.8, 4) is 0 Å². The minimum atomic E-state index is -3.23. The first kappa shape index (κ1) is 20.8. The van der Waals surface area contributed by atoms with Gasteiger partial charge in [0.15, 0.2) is 0 Å². The van der Waals surface area contributed by atoms with Gasteiger partial charge in [-0.25, -0.2) is 17.7 Å². The van der Waals surface area contributed by atoms with E-state index in [1.807, 2.05) is 19.1 Å². The molecule has 0 saturated carbocycles. The van der Waals surface area contributed by atoms with Crippen LogP contribution in [0.1, 0.15) is 18.9 Å². The lowest BCUT2D eigenvalue weighted by Gasteiger charge is -2.27. The Balaban J connectivity index is 1.87. The van der Waals surface area contributed by atoms with Crippen LogP contribution in [0.15, 0.2) is 29.3 Å². The number of aliphatic imine (C=N–C) groups is 1. The largest absolute Gasteiger partial charge is 0.349 e. The van der Waals surface area contributed by atoms with E-state index in [9.17, 15) is 18.0 Å². The summed E-state index contributed by atoms with van der Waals surface area (Å²) in [5.74, 6) is -0.619. The van der Waals surface area contributed by atoms with Crippen molar-refractivity contribution in [2.75, 3.05) is 37.4 Å². The number of rotatable bonds is 8. The normalized spacial score (nSPS) is 14.7. The molecule has 2 N–H and O–H groups in total. The van der Waals surface area contributed by atoms with Crippen molar-refractivity contribution in [1.29, 1.82) is 0 Å². The van der Waals surface area contributed by atoms with Gasteiger partial charge in [-0.2, -0.15) is 0 Å². The first-order valence-corrected chi connectivity index (χ1v) is 10.3. The van der Waals surface area contributed by atoms with E-state index in [2.05, 4.69) is 15.7 Å². The van der Waals surface area contributed by atoms with E-state index in [-0.39, 0.29) is 24.0 Å². The van der Waals surface area contributed by atoms with Gasteiger partial charge in [0.1, 0.15) is 6.54 Å². The Hall–Kier alpha value is -2.46. The van der Waals surface area contributed by atoms with Crippen LogP contribution in [0.25, 0.3) is 0 Å². The van der Waals surface area contributed by atoms with Crippen molar-refractivity contribution < 1.29 is 18.0 Å². The molecule has 2 rings (SSSR count). The second kappa shape index (κ2) is 8.96. The fourth-order valence-corrected chi connectivity index (χ4v) is 3.24. The van der Waals surface area contributed by atoms with Crippen LogP contribution in [0.2, 0.25) is 0 Å². The zero-order valence-electron chi connectivity index (χ0n) is 15.7. The molecule has 27 heavy (non-hydrogen) atoms. The van der Waals surface area contributed by atoms with Crippen LogP contribution in [-0.4, -0.2) is 62.8 Å². The monoisotopic (exact) mass is 395 g/mol. The molecule has 0 aromatic heterocycles. The fourth-order valence-electron chi connectivity index (χ4n) is 2.39. The summed E-state index contributed by atoms with van der Waals surface area (Å²) in [6.45, 7) is 4.01. The van der Waals surface area contributed by atoms with Crippen molar-refractivity contribution in [3.05, 3.63) is 29.8 Å². The van der Waals surface area contributed by atoms with Gasteiger partial charge in [-0.3, -0.25) is 20.0 Å². The molecule has 0 saturated heterocycles. The number of benzene rings is 1. The molecule has 0 aliphatic carbocycles. The lowest BCUT2D eigenvalue weighted by molar-refractivity contribution is -0.118. The van der Waals surface area contributed by atoms with E-state index >= 15 is 0 Å². The van der Waals surface area contributed by atoms with Crippen LogP contribution in [0.4, 0.5) is 5.69 Å². The third kappa shape index (κ3) is 5.51. The average molecular weight is 395 g/mol. The summed E-state index contributed by atoms with van der Waals surface area (Å²) in [5, 5.41) is 3.98. The Morgan fingerprint density at radius 1 is 1.33 bits per heavy atom. The lowest BCUT2D eigenvalue weighted by atomic mass is 10.2. The van der Waals surface area contributed by atoms with Gasteiger partial charge < -0.3 is 5.32 Å². The number of nitrogens with one attached hydrogen (secondary N) is 2. The Morgan fingerprint density at radius 2 is 2.00 bits per heavy atom. The molecule has 0 bridgehead atoms. The third-order valence-corrected chi connectivity index (χ3v) is 5.98. The van der Waals surface area contributed by atoms with Gasteiger partial charge in [0.05, 0.1) is 11.4 Å². The minimum absolute atomic E-state index is 0.0411. The van der Waals surface area contributed by atoms with Gasteiger partial charge in [0, 0.05) is 20.1 Å². The number of anilines is 1. The summed E-state index contributed by atoms with van der Waals surface area (Å²) >= 11 is 0. The topological polar surface area (TPSA) is 111 Å². The minimum Gasteiger partial charge on any atom is -0.349 e. The van der Waals surface area contributed by atoms with E-state index in [1.165, 1.54) is 16.4 Å². The highest BCUT2D eigenvalue weighted by molar-refractivity contribution is 7.89. The summed E-state index contributed by atoms with van der Waals surface area (Å²) < 4.78 is 24.6. The molecule has 1 aromatic rings. The van der Waals surface area contributed by atoms with Crippen molar-refractivity contribution in [3.63, 3.8) is 0 Å². The Kier molecular flexibility index (Phi) is 6.92. The highest BCUT2D eigenvalue weighted by Crippen LogP contribution is 2.15. The van der Waals surface area contributed by atoms with Gasteiger partial charge in [-0.05, 0) is 32.4 Å². The highest BCUT2D eigenvalue weighted by Gasteiger charge is 2.25. The number of amides is 2. The molecule has 148 valence electrons. The van der Waals surface area contributed by atoms with Gasteiger partial charge in [0.2, 0.25) is 15.9 Å². The second-order valence-corrected chi connectivity index (χ2v) is 8.54. The van der Waals surface area contributed by atoms with Crippen LogP contribution in [0.3, 0.4) is 0 Å². The predicted molar refractivity (Wildman–Crippen MR) is 104 cm³/mol. The molecule has 1 aliphatic rings. The molecule has 0 spiro atoms. The summed E-state index contributed by atoms with van der Waals surface area (Å²) in [4.78, 5) is 28.3. The summed E-state index contributed by atoms with van der Waals surface area (Å²) in [6, 6.07) is 7.31. The lowest BCUT2D eigenvalue weighted by Crippen LogP contribution is -2.55. The molecule has 9 nitrogen and oxygen atoms in total. The molecule has 0 atom stereocenters. The maximum absolute atomic E-state index is 12.3. The molecule has 2 amide bonds. The zero-order valence-corrected chi connectivity index (χ0v) is 16.5. The molecule has 0 fully saturated rings. The first-order chi connectivity index (χ1) is 12.7. The number of hydrogen-bond acceptors (Lipinski definition) is 6. The number of carbonyl (C=O) groups excluding carboxylic acids is 2. The zero-order chi connectivity index (χ0) is 20.0. The molecule has 0 unspecified atom stereocenters. The van der Waals surface area contributed by atoms with Gasteiger partial charge in [0.25, 0.3) is 11.8 Å². The second-order valence-electron chi connectivity index (χ2n) is 6.17. The van der Waals surface area contributed by atoms with E-state index in [0.717, 1.165) is 5.56 Å². The summed E-state index contributed by atoms with van der Waals surface area (Å²) in [5.41, 5.74) is 4.42. The van der Waals surface area contributed by atoms with E-state index < -0.39 is 15.9 Å². The van der Waals surface area contributed by atoms with Crippen LogP contribution >= 0.6 is 0 Å². The molecular weight excluding hydrogens is 370 g/mol. The Bertz CT molecular complexity index is 820. The fraction of sp³-hybridized carbons (Fsp3) is 0.471. The SMILES string of the molecule is CCS(=O)(=O)N(C)CCCNC(=O)C1=NCC(=O)N(c2ccc(C)cc2)N1. The molecule has 10 heteroatoms. The standard InChI is InChI=1S/C17H25N5O4S/c1-4-27(25,26)21(3)11-5-10-18-17(24)16-19-12-15(23)22(20-16)14-8-6-13(2)7-9-14/h6-9H,4-5,10-12H2,1-3H3,(H,18,24)(H,19,20). The number of sulfonamides is 1. The summed E-state index contributed by atoms with van der Waals surface area (Å²) in [6.07, 6.45) is 0.468. The highest BCUT2D eigenvalue weighted by atomic mass is 32.2. The van der Waals surface area contributed by atoms with Crippen LogP contribution < -0.4 is 15.8 Å². The number of hydrazine groups is 1. The molecular formula is C17H25N5O4S. The number of hydrogen-bond donors (Lipinski definition) is 2. The van der Waals surface area contributed by atoms with E-state index in [4.69, 9.17) is 0 Å². The van der Waals surface area contributed by atoms with Crippen molar-refractivity contribution >= 4 is 33.4 Å². The Morgan fingerprint density at radius 3 is 2.63 bits per heavy atom. The van der Waals surface area contributed by atoms with Crippen molar-refractivity contribution in [2.45, 2.75) is 20.3 Å². The van der Waals surface area contributed by atoms with Gasteiger partial charge in [-0.1, -0.05) is 17.7 Å². The quantitative estimate of drug-likeness (QED) is 0.604. The molecule has 1 aromatic carbocycles. The van der Waals surface area contributed by atoms with Crippen molar-refractivity contribution in [2.24, 2.45) is 4.99 Å². The van der Waals surface area contributed by atoms with Gasteiger partial charge >= 0.3 is 0 Å². The van der Waals surface area contributed by atoms with Crippen LogP contribution in [-0.2, 0) is 19.6 Å². The summed E-state index contributed by atoms with van der Waals surface area (Å²) in [7, 11) is -1.71. The average Bonchev–Trinajstić information content (AvgIpc) is 2.66. The van der Waals surface area contributed by atoms with Crippen molar-refractivity contribution in [1.82, 2.24) is 15.0 Å². The number of aryl methyl sites for hydroxylation is 1. The van der Waals surface area contributed by atoms with Gasteiger partial charge in [-0.15, -0.1) is 0 Å².